The lowest BCUT2D eigenvalue weighted by molar-refractivity contribution is -0.145. The third kappa shape index (κ3) is 6.89. The summed E-state index contributed by atoms with van der Waals surface area (Å²) in [5, 5.41) is 0. The van der Waals surface area contributed by atoms with Crippen LogP contribution in [0.1, 0.15) is 26.7 Å². The molecule has 0 aromatic heterocycles. The van der Waals surface area contributed by atoms with Crippen LogP contribution in [0, 0.1) is 0 Å². The van der Waals surface area contributed by atoms with Crippen LogP contribution < -0.4 is 11.8 Å². The van der Waals surface area contributed by atoms with E-state index in [-0.39, 0.29) is 37.2 Å². The van der Waals surface area contributed by atoms with Crippen molar-refractivity contribution in [2.45, 2.75) is 26.7 Å². The van der Waals surface area contributed by atoms with Crippen LogP contribution in [0.25, 0.3) is 0 Å². The molecule has 0 radical (unpaired) electrons. The molecule has 0 aliphatic rings. The van der Waals surface area contributed by atoms with Crippen LogP contribution in [0.5, 0.6) is 0 Å². The molecule has 12 nitrogen and oxygen atoms in total. The van der Waals surface area contributed by atoms with Gasteiger partial charge in [0.1, 0.15) is 0 Å². The SMILES string of the molecule is CCOC(=O)/C(ON)=C(\CC/C(C(=O)OC)=C(\ON)C(=O)OCC)C(=O)OC. The van der Waals surface area contributed by atoms with E-state index in [1.807, 2.05) is 0 Å². The molecule has 0 aliphatic heterocycles. The Bertz CT molecular complexity index is 598. The summed E-state index contributed by atoms with van der Waals surface area (Å²) < 4.78 is 18.7. The lowest BCUT2D eigenvalue weighted by Gasteiger charge is -2.13. The second-order valence-corrected chi connectivity index (χ2v) is 4.78. The average Bonchev–Trinajstić information content (AvgIpc) is 2.69. The smallest absolute Gasteiger partial charge is 0.376 e. The van der Waals surface area contributed by atoms with Gasteiger partial charge in [-0.15, -0.1) is 0 Å². The summed E-state index contributed by atoms with van der Waals surface area (Å²) in [6.07, 6.45) is -0.677. The Hall–Kier alpha value is -3.12. The largest absolute Gasteiger partial charge is 0.466 e. The Balaban J connectivity index is 6.09. The molecule has 0 saturated carbocycles. The van der Waals surface area contributed by atoms with Crippen molar-refractivity contribution in [2.75, 3.05) is 27.4 Å². The van der Waals surface area contributed by atoms with Gasteiger partial charge in [0.05, 0.1) is 38.6 Å². The normalized spacial score (nSPS) is 12.1. The Morgan fingerprint density at radius 1 is 0.643 bits per heavy atom. The van der Waals surface area contributed by atoms with Gasteiger partial charge in [0.15, 0.2) is 0 Å². The molecule has 0 fully saturated rings. The fourth-order valence-electron chi connectivity index (χ4n) is 1.99. The second-order valence-electron chi connectivity index (χ2n) is 4.78. The van der Waals surface area contributed by atoms with Crippen LogP contribution in [-0.2, 0) is 47.8 Å². The van der Waals surface area contributed by atoms with E-state index < -0.39 is 35.4 Å². The molecule has 0 spiro atoms. The van der Waals surface area contributed by atoms with Crippen LogP contribution in [0.3, 0.4) is 0 Å². The molecule has 158 valence electrons. The van der Waals surface area contributed by atoms with Crippen LogP contribution in [0.4, 0.5) is 0 Å². The molecule has 0 amide bonds. The highest BCUT2D eigenvalue weighted by molar-refractivity contribution is 6.00. The molecule has 28 heavy (non-hydrogen) atoms. The average molecular weight is 404 g/mol. The number of ether oxygens (including phenoxy) is 4. The van der Waals surface area contributed by atoms with E-state index in [0.29, 0.717) is 0 Å². The summed E-state index contributed by atoms with van der Waals surface area (Å²) >= 11 is 0. The van der Waals surface area contributed by atoms with Crippen molar-refractivity contribution in [2.24, 2.45) is 11.8 Å². The van der Waals surface area contributed by atoms with Gasteiger partial charge in [-0.25, -0.2) is 19.2 Å². The van der Waals surface area contributed by atoms with E-state index in [1.54, 1.807) is 0 Å². The highest BCUT2D eigenvalue weighted by Gasteiger charge is 2.29. The predicted octanol–water partition coefficient (Wildman–Crippen LogP) is -0.472. The summed E-state index contributed by atoms with van der Waals surface area (Å²) in [5.41, 5.74) is -0.685. The maximum atomic E-state index is 12.0. The van der Waals surface area contributed by atoms with E-state index in [2.05, 4.69) is 19.1 Å². The Morgan fingerprint density at radius 3 is 1.18 bits per heavy atom. The van der Waals surface area contributed by atoms with E-state index >= 15 is 0 Å². The van der Waals surface area contributed by atoms with Crippen LogP contribution >= 0.6 is 0 Å². The van der Waals surface area contributed by atoms with E-state index in [1.165, 1.54) is 13.8 Å². The van der Waals surface area contributed by atoms with Gasteiger partial charge in [0.2, 0.25) is 11.5 Å². The van der Waals surface area contributed by atoms with Gasteiger partial charge < -0.3 is 28.6 Å². The Kier molecular flexibility index (Phi) is 11.6. The van der Waals surface area contributed by atoms with E-state index in [4.69, 9.17) is 21.3 Å². The summed E-state index contributed by atoms with van der Waals surface area (Å²) in [7, 11) is 2.12. The molecule has 0 heterocycles. The maximum Gasteiger partial charge on any atom is 0.376 e. The quantitative estimate of drug-likeness (QED) is 0.149. The minimum Gasteiger partial charge on any atom is -0.466 e. The molecule has 0 bridgehead atoms. The number of carbonyl (C=O) groups is 4. The number of nitrogens with two attached hydrogens (primary N) is 2. The zero-order valence-corrected chi connectivity index (χ0v) is 16.1. The molecule has 0 aromatic carbocycles. The minimum absolute atomic E-state index is 0.0124. The molecule has 0 saturated heterocycles. The van der Waals surface area contributed by atoms with Crippen molar-refractivity contribution in [3.8, 4) is 0 Å². The highest BCUT2D eigenvalue weighted by Crippen LogP contribution is 2.22. The van der Waals surface area contributed by atoms with Gasteiger partial charge in [0, 0.05) is 0 Å². The van der Waals surface area contributed by atoms with Gasteiger partial charge in [-0.2, -0.15) is 11.8 Å². The molecule has 0 aliphatic carbocycles. The molecule has 0 unspecified atom stereocenters. The van der Waals surface area contributed by atoms with Gasteiger partial charge in [-0.3, -0.25) is 0 Å². The lowest BCUT2D eigenvalue weighted by Crippen LogP contribution is -2.22. The first-order valence-corrected chi connectivity index (χ1v) is 8.03. The van der Waals surface area contributed by atoms with Crippen molar-refractivity contribution in [3.63, 3.8) is 0 Å². The van der Waals surface area contributed by atoms with E-state index in [0.717, 1.165) is 14.2 Å². The predicted molar refractivity (Wildman–Crippen MR) is 91.1 cm³/mol. The lowest BCUT2D eigenvalue weighted by atomic mass is 10.0. The van der Waals surface area contributed by atoms with Crippen molar-refractivity contribution in [1.29, 1.82) is 0 Å². The first-order chi connectivity index (χ1) is 13.3. The summed E-state index contributed by atoms with van der Waals surface area (Å²) in [5.74, 6) is 4.93. The number of hydrogen-bond donors (Lipinski definition) is 2. The van der Waals surface area contributed by atoms with E-state index in [9.17, 15) is 19.2 Å². The summed E-state index contributed by atoms with van der Waals surface area (Å²) in [4.78, 5) is 56.9. The molecule has 4 N–H and O–H groups in total. The number of carbonyl (C=O) groups excluding carboxylic acids is 4. The molecule has 0 aromatic rings. The maximum absolute atomic E-state index is 12.0. The zero-order valence-electron chi connectivity index (χ0n) is 16.1. The fourth-order valence-corrected chi connectivity index (χ4v) is 1.99. The fraction of sp³-hybridized carbons (Fsp3) is 0.500. The third-order valence-corrected chi connectivity index (χ3v) is 3.19. The Labute approximate surface area is 161 Å². The first-order valence-electron chi connectivity index (χ1n) is 8.03. The number of rotatable bonds is 11. The van der Waals surface area contributed by atoms with Crippen molar-refractivity contribution < 1.29 is 47.8 Å². The molecule has 0 atom stereocenters. The van der Waals surface area contributed by atoms with Gasteiger partial charge in [-0.05, 0) is 26.7 Å². The first kappa shape index (κ1) is 24.9. The van der Waals surface area contributed by atoms with Crippen molar-refractivity contribution >= 4 is 23.9 Å². The molecular weight excluding hydrogens is 380 g/mol. The van der Waals surface area contributed by atoms with Crippen LogP contribution in [-0.4, -0.2) is 51.3 Å². The van der Waals surface area contributed by atoms with Crippen LogP contribution in [0.2, 0.25) is 0 Å². The highest BCUT2D eigenvalue weighted by atomic mass is 16.7. The standard InChI is InChI=1S/C16H24N2O10/c1-5-25-15(21)11(27-17)9(13(19)23-3)7-8-10(14(20)24-4)12(28-18)16(22)26-6-2/h5-8,17-18H2,1-4H3/b11-9-,12-10+. The van der Waals surface area contributed by atoms with Crippen LogP contribution in [0.15, 0.2) is 22.7 Å². The second kappa shape index (κ2) is 13.1. The summed E-state index contributed by atoms with van der Waals surface area (Å²) in [6.45, 7) is 3.04. The zero-order chi connectivity index (χ0) is 21.7. The number of esters is 4. The van der Waals surface area contributed by atoms with Crippen molar-refractivity contribution in [1.82, 2.24) is 0 Å². The summed E-state index contributed by atoms with van der Waals surface area (Å²) in [6, 6.07) is 0. The number of hydrogen-bond acceptors (Lipinski definition) is 12. The number of methoxy groups -OCH3 is 2. The minimum atomic E-state index is -1.02. The van der Waals surface area contributed by atoms with Gasteiger partial charge in [-0.1, -0.05) is 0 Å². The van der Waals surface area contributed by atoms with Crippen molar-refractivity contribution in [3.05, 3.63) is 22.7 Å². The monoisotopic (exact) mass is 404 g/mol. The topological polar surface area (TPSA) is 176 Å². The molecular formula is C16H24N2O10. The molecule has 0 rings (SSSR count). The van der Waals surface area contributed by atoms with Gasteiger partial charge in [0.25, 0.3) is 0 Å². The molecule has 12 heteroatoms. The third-order valence-electron chi connectivity index (χ3n) is 3.19. The Morgan fingerprint density at radius 2 is 0.964 bits per heavy atom. The van der Waals surface area contributed by atoms with Gasteiger partial charge >= 0.3 is 23.9 Å².